The van der Waals surface area contributed by atoms with Gasteiger partial charge in [0.25, 0.3) is 0 Å². The Morgan fingerprint density at radius 2 is 2.04 bits per heavy atom. The summed E-state index contributed by atoms with van der Waals surface area (Å²) in [5, 5.41) is 7.25. The van der Waals surface area contributed by atoms with Crippen molar-refractivity contribution in [2.75, 3.05) is 5.32 Å². The number of nitrogens with one attached hydrogen (secondary N) is 2. The molecule has 8 heteroatoms. The van der Waals surface area contributed by atoms with Crippen LogP contribution in [0.5, 0.6) is 0 Å². The van der Waals surface area contributed by atoms with Crippen LogP contribution in [0.25, 0.3) is 0 Å². The number of thiocarbonyl (C=S) groups is 1. The molecule has 3 nitrogen and oxygen atoms in total. The highest BCUT2D eigenvalue weighted by Crippen LogP contribution is 2.37. The van der Waals surface area contributed by atoms with E-state index < -0.39 is 11.7 Å². The Morgan fingerprint density at radius 3 is 2.64 bits per heavy atom. The lowest BCUT2D eigenvalue weighted by molar-refractivity contribution is -0.137. The van der Waals surface area contributed by atoms with Crippen molar-refractivity contribution in [3.8, 4) is 0 Å². The van der Waals surface area contributed by atoms with Gasteiger partial charge in [-0.05, 0) is 61.0 Å². The minimum absolute atomic E-state index is 0.0894. The summed E-state index contributed by atoms with van der Waals surface area (Å²) in [5.74, 6) is 0.531. The molecule has 138 valence electrons. The second-order valence-corrected chi connectivity index (χ2v) is 8.11. The molecule has 1 aliphatic carbocycles. The normalized spacial score (nSPS) is 21.9. The third-order valence-corrected chi connectivity index (χ3v) is 4.55. The van der Waals surface area contributed by atoms with Gasteiger partial charge in [-0.15, -0.1) is 0 Å². The minimum Gasteiger partial charge on any atom is -0.330 e. The first-order valence-electron chi connectivity index (χ1n) is 7.95. The quantitative estimate of drug-likeness (QED) is 0.490. The van der Waals surface area contributed by atoms with E-state index in [2.05, 4.69) is 36.6 Å². The van der Waals surface area contributed by atoms with Gasteiger partial charge in [0.05, 0.1) is 16.3 Å². The van der Waals surface area contributed by atoms with Gasteiger partial charge in [-0.1, -0.05) is 32.4 Å². The molecular weight excluding hydrogens is 371 g/mol. The molecule has 0 aliphatic heterocycles. The number of anilines is 1. The van der Waals surface area contributed by atoms with E-state index in [0.29, 0.717) is 5.92 Å². The van der Waals surface area contributed by atoms with E-state index in [1.165, 1.54) is 6.07 Å². The molecule has 0 heterocycles. The van der Waals surface area contributed by atoms with Crippen molar-refractivity contribution in [2.45, 2.75) is 46.2 Å². The summed E-state index contributed by atoms with van der Waals surface area (Å²) in [6.45, 7) is 6.56. The molecule has 1 atom stereocenters. The lowest BCUT2D eigenvalue weighted by atomic mass is 9.72. The van der Waals surface area contributed by atoms with Crippen LogP contribution in [0.2, 0.25) is 5.02 Å². The Balaban J connectivity index is 2.04. The van der Waals surface area contributed by atoms with Crippen LogP contribution in [0.1, 0.15) is 45.6 Å². The number of hydrogen-bond donors (Lipinski definition) is 2. The number of rotatable bonds is 2. The van der Waals surface area contributed by atoms with Crippen LogP contribution in [-0.2, 0) is 6.18 Å². The summed E-state index contributed by atoms with van der Waals surface area (Å²) in [6.07, 6.45) is -1.57. The van der Waals surface area contributed by atoms with Crippen molar-refractivity contribution >= 4 is 40.3 Å². The molecule has 1 saturated carbocycles. The van der Waals surface area contributed by atoms with Crippen molar-refractivity contribution in [1.29, 1.82) is 0 Å². The van der Waals surface area contributed by atoms with E-state index in [0.717, 1.165) is 37.1 Å². The molecule has 0 spiro atoms. The summed E-state index contributed by atoms with van der Waals surface area (Å²) < 4.78 is 38.4. The number of hydrogen-bond acceptors (Lipinski definition) is 2. The Morgan fingerprint density at radius 1 is 1.36 bits per heavy atom. The maximum atomic E-state index is 12.8. The average molecular weight is 392 g/mol. The van der Waals surface area contributed by atoms with Crippen molar-refractivity contribution in [3.05, 3.63) is 28.8 Å². The van der Waals surface area contributed by atoms with Crippen LogP contribution in [-0.4, -0.2) is 10.8 Å². The molecule has 1 aromatic carbocycles. The smallest absolute Gasteiger partial charge is 0.330 e. The van der Waals surface area contributed by atoms with Crippen LogP contribution in [0.3, 0.4) is 0 Å². The molecule has 0 amide bonds. The first-order valence-corrected chi connectivity index (χ1v) is 8.74. The Labute approximate surface area is 156 Å². The fourth-order valence-corrected chi connectivity index (χ4v) is 3.60. The lowest BCUT2D eigenvalue weighted by Gasteiger charge is -2.34. The monoisotopic (exact) mass is 391 g/mol. The molecule has 25 heavy (non-hydrogen) atoms. The predicted octanol–water partition coefficient (Wildman–Crippen LogP) is 5.85. The average Bonchev–Trinajstić information content (AvgIpc) is 2.44. The number of benzene rings is 1. The van der Waals surface area contributed by atoms with E-state index in [1.807, 2.05) is 0 Å². The van der Waals surface area contributed by atoms with Gasteiger partial charge < -0.3 is 5.32 Å². The SMILES string of the molecule is CC1CC(=NNC(=S)Nc2cc(C(F)(F)F)ccc2Cl)CC(C)(C)C1. The van der Waals surface area contributed by atoms with Gasteiger partial charge in [0.1, 0.15) is 0 Å². The van der Waals surface area contributed by atoms with Crippen LogP contribution in [0.15, 0.2) is 23.3 Å². The topological polar surface area (TPSA) is 36.4 Å². The third-order valence-electron chi connectivity index (χ3n) is 4.03. The number of hydrazone groups is 1. The molecule has 2 N–H and O–H groups in total. The molecule has 0 radical (unpaired) electrons. The van der Waals surface area contributed by atoms with E-state index in [4.69, 9.17) is 23.8 Å². The first-order chi connectivity index (χ1) is 11.5. The summed E-state index contributed by atoms with van der Waals surface area (Å²) in [5.41, 5.74) is 3.19. The van der Waals surface area contributed by atoms with E-state index in [-0.39, 0.29) is 21.2 Å². The van der Waals surface area contributed by atoms with Gasteiger partial charge in [0.2, 0.25) is 0 Å². The van der Waals surface area contributed by atoms with Crippen LogP contribution in [0.4, 0.5) is 18.9 Å². The van der Waals surface area contributed by atoms with Gasteiger partial charge in [0.15, 0.2) is 5.11 Å². The molecule has 0 bridgehead atoms. The Kier molecular flexibility index (Phi) is 5.99. The molecule has 1 aromatic rings. The fourth-order valence-electron chi connectivity index (χ4n) is 3.28. The second-order valence-electron chi connectivity index (χ2n) is 7.29. The standard InChI is InChI=1S/C17H21ClF3N3S/c1-10-6-12(9-16(2,3)8-10)23-24-15(25)22-14-7-11(17(19,20)21)4-5-13(14)18/h4-5,7,10H,6,8-9H2,1-3H3,(H2,22,24,25). The highest BCUT2D eigenvalue weighted by Gasteiger charge is 2.31. The molecule has 2 rings (SSSR count). The summed E-state index contributed by atoms with van der Waals surface area (Å²) in [4.78, 5) is 0. The van der Waals surface area contributed by atoms with Crippen LogP contribution in [0, 0.1) is 11.3 Å². The maximum absolute atomic E-state index is 12.8. The molecule has 1 unspecified atom stereocenters. The van der Waals surface area contributed by atoms with E-state index >= 15 is 0 Å². The molecule has 1 fully saturated rings. The highest BCUT2D eigenvalue weighted by atomic mass is 35.5. The van der Waals surface area contributed by atoms with Gasteiger partial charge in [-0.2, -0.15) is 18.3 Å². The Hall–Kier alpha value is -1.34. The zero-order chi connectivity index (χ0) is 18.8. The van der Waals surface area contributed by atoms with Crippen molar-refractivity contribution in [2.24, 2.45) is 16.4 Å². The zero-order valence-electron chi connectivity index (χ0n) is 14.3. The van der Waals surface area contributed by atoms with Crippen molar-refractivity contribution < 1.29 is 13.2 Å². The lowest BCUT2D eigenvalue weighted by Crippen LogP contribution is -2.31. The highest BCUT2D eigenvalue weighted by molar-refractivity contribution is 7.80. The zero-order valence-corrected chi connectivity index (χ0v) is 15.9. The Bertz CT molecular complexity index is 686. The number of halogens is 4. The van der Waals surface area contributed by atoms with Gasteiger partial charge in [-0.3, -0.25) is 5.43 Å². The molecular formula is C17H21ClF3N3S. The minimum atomic E-state index is -4.44. The largest absolute Gasteiger partial charge is 0.416 e. The predicted molar refractivity (Wildman–Crippen MR) is 100 cm³/mol. The third kappa shape index (κ3) is 5.85. The van der Waals surface area contributed by atoms with Gasteiger partial charge >= 0.3 is 6.18 Å². The molecule has 0 aromatic heterocycles. The maximum Gasteiger partial charge on any atom is 0.416 e. The summed E-state index contributed by atoms with van der Waals surface area (Å²) in [6, 6.07) is 3.04. The summed E-state index contributed by atoms with van der Waals surface area (Å²) >= 11 is 11.1. The molecule has 0 saturated heterocycles. The summed E-state index contributed by atoms with van der Waals surface area (Å²) in [7, 11) is 0. The van der Waals surface area contributed by atoms with Crippen molar-refractivity contribution in [3.63, 3.8) is 0 Å². The van der Waals surface area contributed by atoms with E-state index in [1.54, 1.807) is 0 Å². The second kappa shape index (κ2) is 7.50. The first kappa shape index (κ1) is 20.0. The van der Waals surface area contributed by atoms with Gasteiger partial charge in [0, 0.05) is 5.71 Å². The number of alkyl halides is 3. The number of nitrogens with zero attached hydrogens (tertiary/aromatic N) is 1. The van der Waals surface area contributed by atoms with Gasteiger partial charge in [-0.25, -0.2) is 0 Å². The fraction of sp³-hybridized carbons (Fsp3) is 0.529. The van der Waals surface area contributed by atoms with Crippen LogP contribution >= 0.6 is 23.8 Å². The van der Waals surface area contributed by atoms with Crippen molar-refractivity contribution in [1.82, 2.24) is 5.43 Å². The van der Waals surface area contributed by atoms with Crippen LogP contribution < -0.4 is 10.7 Å². The molecule has 1 aliphatic rings. The van der Waals surface area contributed by atoms with E-state index in [9.17, 15) is 13.2 Å².